The Hall–Kier alpha value is -2.01. The number of halogens is 1. The van der Waals surface area contributed by atoms with Crippen LogP contribution in [-0.4, -0.2) is 24.7 Å². The summed E-state index contributed by atoms with van der Waals surface area (Å²) in [5, 5.41) is 4.60. The number of aromatic nitrogens is 5. The van der Waals surface area contributed by atoms with Gasteiger partial charge in [0.2, 0.25) is 5.28 Å². The van der Waals surface area contributed by atoms with Crippen LogP contribution in [0, 0.1) is 6.92 Å². The molecule has 6 heteroatoms. The Morgan fingerprint density at radius 1 is 1.15 bits per heavy atom. The zero-order valence-corrected chi connectivity index (χ0v) is 12.3. The van der Waals surface area contributed by atoms with Gasteiger partial charge in [-0.05, 0) is 44.0 Å². The summed E-state index contributed by atoms with van der Waals surface area (Å²) >= 11 is 5.89. The van der Waals surface area contributed by atoms with Gasteiger partial charge in [0, 0.05) is 24.0 Å². The molecule has 20 heavy (non-hydrogen) atoms. The SMILES string of the molecule is Cc1cnc(Cl)nc1-c1cnc2cnn(C(C)C)c2c1. The lowest BCUT2D eigenvalue weighted by Gasteiger charge is -2.08. The summed E-state index contributed by atoms with van der Waals surface area (Å²) in [5.74, 6) is 0. The Morgan fingerprint density at radius 3 is 2.70 bits per heavy atom. The Balaban J connectivity index is 2.21. The first-order chi connectivity index (χ1) is 9.56. The largest absolute Gasteiger partial charge is 0.261 e. The normalized spacial score (nSPS) is 11.4. The standard InChI is InChI=1S/C14H14ClN5/c1-8(2)20-12-4-10(6-16-11(12)7-18-20)13-9(3)5-17-14(15)19-13/h4-8H,1-3H3. The van der Waals surface area contributed by atoms with Gasteiger partial charge in [0.25, 0.3) is 0 Å². The number of pyridine rings is 1. The second kappa shape index (κ2) is 4.83. The van der Waals surface area contributed by atoms with E-state index in [0.717, 1.165) is 27.9 Å². The fourth-order valence-electron chi connectivity index (χ4n) is 2.18. The summed E-state index contributed by atoms with van der Waals surface area (Å²) in [5.41, 5.74) is 4.55. The zero-order valence-electron chi connectivity index (χ0n) is 11.5. The van der Waals surface area contributed by atoms with Crippen LogP contribution >= 0.6 is 11.6 Å². The van der Waals surface area contributed by atoms with Crippen LogP contribution in [0.15, 0.2) is 24.7 Å². The lowest BCUT2D eigenvalue weighted by molar-refractivity contribution is 0.551. The predicted octanol–water partition coefficient (Wildman–Crippen LogP) is 3.43. The molecular formula is C14H14ClN5. The van der Waals surface area contributed by atoms with Gasteiger partial charge in [-0.1, -0.05) is 0 Å². The van der Waals surface area contributed by atoms with E-state index in [1.54, 1.807) is 18.6 Å². The van der Waals surface area contributed by atoms with Crippen molar-refractivity contribution >= 4 is 22.6 Å². The summed E-state index contributed by atoms with van der Waals surface area (Å²) in [6.45, 7) is 6.13. The van der Waals surface area contributed by atoms with Crippen molar-refractivity contribution in [2.45, 2.75) is 26.8 Å². The van der Waals surface area contributed by atoms with Crippen molar-refractivity contribution in [3.05, 3.63) is 35.5 Å². The number of nitrogens with zero attached hydrogens (tertiary/aromatic N) is 5. The maximum absolute atomic E-state index is 5.89. The van der Waals surface area contributed by atoms with Gasteiger partial charge in [-0.2, -0.15) is 5.10 Å². The average Bonchev–Trinajstić information content (AvgIpc) is 2.84. The third-order valence-corrected chi connectivity index (χ3v) is 3.34. The van der Waals surface area contributed by atoms with Crippen LogP contribution < -0.4 is 0 Å². The van der Waals surface area contributed by atoms with Crippen LogP contribution in [0.25, 0.3) is 22.3 Å². The van der Waals surface area contributed by atoms with E-state index in [1.165, 1.54) is 0 Å². The highest BCUT2D eigenvalue weighted by molar-refractivity contribution is 6.28. The van der Waals surface area contributed by atoms with Gasteiger partial charge in [-0.3, -0.25) is 9.67 Å². The molecular weight excluding hydrogens is 274 g/mol. The smallest absolute Gasteiger partial charge is 0.222 e. The minimum Gasteiger partial charge on any atom is -0.261 e. The first kappa shape index (κ1) is 13.0. The van der Waals surface area contributed by atoms with Crippen LogP contribution in [-0.2, 0) is 0 Å². The lowest BCUT2D eigenvalue weighted by Crippen LogP contribution is -2.02. The first-order valence-electron chi connectivity index (χ1n) is 6.39. The van der Waals surface area contributed by atoms with E-state index < -0.39 is 0 Å². The summed E-state index contributed by atoms with van der Waals surface area (Å²) in [4.78, 5) is 12.7. The van der Waals surface area contributed by atoms with Crippen molar-refractivity contribution in [3.8, 4) is 11.3 Å². The van der Waals surface area contributed by atoms with E-state index in [2.05, 4.69) is 33.9 Å². The number of fused-ring (bicyclic) bond motifs is 1. The van der Waals surface area contributed by atoms with E-state index in [-0.39, 0.29) is 11.3 Å². The number of rotatable bonds is 2. The van der Waals surface area contributed by atoms with E-state index in [9.17, 15) is 0 Å². The van der Waals surface area contributed by atoms with E-state index in [1.807, 2.05) is 17.7 Å². The summed E-state index contributed by atoms with van der Waals surface area (Å²) in [6, 6.07) is 2.32. The first-order valence-corrected chi connectivity index (χ1v) is 6.77. The summed E-state index contributed by atoms with van der Waals surface area (Å²) in [6.07, 6.45) is 5.29. The van der Waals surface area contributed by atoms with Crippen molar-refractivity contribution < 1.29 is 0 Å². The quantitative estimate of drug-likeness (QED) is 0.678. The predicted molar refractivity (Wildman–Crippen MR) is 78.7 cm³/mol. The van der Waals surface area contributed by atoms with E-state index in [4.69, 9.17) is 11.6 Å². The average molecular weight is 288 g/mol. The molecule has 5 nitrogen and oxygen atoms in total. The Morgan fingerprint density at radius 2 is 1.95 bits per heavy atom. The van der Waals surface area contributed by atoms with Crippen molar-refractivity contribution in [1.82, 2.24) is 24.7 Å². The highest BCUT2D eigenvalue weighted by atomic mass is 35.5. The number of hydrogen-bond donors (Lipinski definition) is 0. The molecule has 0 unspecified atom stereocenters. The molecule has 3 heterocycles. The molecule has 3 aromatic rings. The fraction of sp³-hybridized carbons (Fsp3) is 0.286. The van der Waals surface area contributed by atoms with Crippen molar-refractivity contribution in [1.29, 1.82) is 0 Å². The third kappa shape index (κ3) is 2.14. The topological polar surface area (TPSA) is 56.5 Å². The second-order valence-corrected chi connectivity index (χ2v) is 5.32. The summed E-state index contributed by atoms with van der Waals surface area (Å²) < 4.78 is 1.95. The Kier molecular flexibility index (Phi) is 3.14. The number of hydrogen-bond acceptors (Lipinski definition) is 4. The van der Waals surface area contributed by atoms with Gasteiger partial charge >= 0.3 is 0 Å². The zero-order chi connectivity index (χ0) is 14.3. The van der Waals surface area contributed by atoms with Gasteiger partial charge in [0.15, 0.2) is 0 Å². The highest BCUT2D eigenvalue weighted by Crippen LogP contribution is 2.25. The van der Waals surface area contributed by atoms with Gasteiger partial charge in [-0.15, -0.1) is 0 Å². The molecule has 3 aromatic heterocycles. The molecule has 0 fully saturated rings. The summed E-state index contributed by atoms with van der Waals surface area (Å²) in [7, 11) is 0. The molecule has 0 radical (unpaired) electrons. The molecule has 0 amide bonds. The Labute approximate surface area is 121 Å². The lowest BCUT2D eigenvalue weighted by atomic mass is 10.1. The van der Waals surface area contributed by atoms with Gasteiger partial charge in [0.1, 0.15) is 5.52 Å². The molecule has 0 aromatic carbocycles. The van der Waals surface area contributed by atoms with Crippen LogP contribution in [0.3, 0.4) is 0 Å². The van der Waals surface area contributed by atoms with Crippen molar-refractivity contribution in [2.75, 3.05) is 0 Å². The molecule has 0 aliphatic rings. The van der Waals surface area contributed by atoms with E-state index >= 15 is 0 Å². The minimum atomic E-state index is 0.239. The third-order valence-electron chi connectivity index (χ3n) is 3.15. The molecule has 0 spiro atoms. The second-order valence-electron chi connectivity index (χ2n) is 4.98. The minimum absolute atomic E-state index is 0.239. The molecule has 0 saturated carbocycles. The van der Waals surface area contributed by atoms with Crippen LogP contribution in [0.4, 0.5) is 0 Å². The fourth-order valence-corrected chi connectivity index (χ4v) is 2.31. The van der Waals surface area contributed by atoms with Crippen LogP contribution in [0.5, 0.6) is 0 Å². The van der Waals surface area contributed by atoms with Gasteiger partial charge < -0.3 is 0 Å². The molecule has 0 bridgehead atoms. The van der Waals surface area contributed by atoms with Crippen LogP contribution in [0.2, 0.25) is 5.28 Å². The molecule has 102 valence electrons. The highest BCUT2D eigenvalue weighted by Gasteiger charge is 2.11. The molecule has 0 atom stereocenters. The van der Waals surface area contributed by atoms with E-state index in [0.29, 0.717) is 0 Å². The molecule has 3 rings (SSSR count). The molecule has 0 saturated heterocycles. The van der Waals surface area contributed by atoms with Gasteiger partial charge in [-0.25, -0.2) is 9.97 Å². The van der Waals surface area contributed by atoms with Crippen molar-refractivity contribution in [3.63, 3.8) is 0 Å². The van der Waals surface area contributed by atoms with Gasteiger partial charge in [0.05, 0.1) is 17.4 Å². The maximum Gasteiger partial charge on any atom is 0.222 e. The molecule has 0 aliphatic carbocycles. The van der Waals surface area contributed by atoms with Crippen LogP contribution in [0.1, 0.15) is 25.5 Å². The number of aryl methyl sites for hydroxylation is 1. The van der Waals surface area contributed by atoms with Crippen molar-refractivity contribution in [2.24, 2.45) is 0 Å². The molecule has 0 aliphatic heterocycles. The monoisotopic (exact) mass is 287 g/mol. The Bertz CT molecular complexity index is 778. The molecule has 0 N–H and O–H groups in total. The maximum atomic E-state index is 5.89.